The Hall–Kier alpha value is -2.04. The zero-order valence-electron chi connectivity index (χ0n) is 15.9. The number of nitrogens with zero attached hydrogens (tertiary/aromatic N) is 2. The summed E-state index contributed by atoms with van der Waals surface area (Å²) in [5.74, 6) is 1.59. The van der Waals surface area contributed by atoms with Crippen LogP contribution in [0.3, 0.4) is 0 Å². The molecule has 0 N–H and O–H groups in total. The Bertz CT molecular complexity index is 630. The molecule has 26 heavy (non-hydrogen) atoms. The van der Waals surface area contributed by atoms with Crippen LogP contribution in [0.15, 0.2) is 24.3 Å². The molecule has 5 nitrogen and oxygen atoms in total. The molecule has 1 aromatic carbocycles. The van der Waals surface area contributed by atoms with Gasteiger partial charge in [0.2, 0.25) is 5.91 Å². The fourth-order valence-corrected chi connectivity index (χ4v) is 3.69. The molecule has 0 saturated carbocycles. The van der Waals surface area contributed by atoms with Crippen molar-refractivity contribution in [3.8, 4) is 5.75 Å². The van der Waals surface area contributed by atoms with Gasteiger partial charge in [0.25, 0.3) is 5.91 Å². The van der Waals surface area contributed by atoms with E-state index in [0.29, 0.717) is 37.1 Å². The molecule has 2 fully saturated rings. The van der Waals surface area contributed by atoms with Crippen LogP contribution in [0.2, 0.25) is 0 Å². The molecule has 0 aliphatic carbocycles. The number of hydrogen-bond donors (Lipinski definition) is 0. The van der Waals surface area contributed by atoms with Gasteiger partial charge in [-0.3, -0.25) is 9.59 Å². The number of benzene rings is 1. The minimum atomic E-state index is 0.0343. The standard InChI is InChI=1S/C21H30N2O3/c1-16(2)15-26-19-7-5-6-18(14-19)21(25)23-12-8-17(9-13-23)20(24)22-10-3-4-11-22/h5-7,14,16-17H,3-4,8-13,15H2,1-2H3. The minimum Gasteiger partial charge on any atom is -0.493 e. The minimum absolute atomic E-state index is 0.0343. The highest BCUT2D eigenvalue weighted by atomic mass is 16.5. The van der Waals surface area contributed by atoms with Crippen LogP contribution in [0, 0.1) is 11.8 Å². The highest BCUT2D eigenvalue weighted by molar-refractivity contribution is 5.94. The van der Waals surface area contributed by atoms with Crippen LogP contribution in [0.5, 0.6) is 5.75 Å². The molecule has 5 heteroatoms. The molecule has 2 heterocycles. The lowest BCUT2D eigenvalue weighted by atomic mass is 9.95. The maximum Gasteiger partial charge on any atom is 0.253 e. The number of piperidine rings is 1. The SMILES string of the molecule is CC(C)COc1cccc(C(=O)N2CCC(C(=O)N3CCCC3)CC2)c1. The molecule has 0 bridgehead atoms. The van der Waals surface area contributed by atoms with Crippen molar-refractivity contribution in [1.29, 1.82) is 0 Å². The second kappa shape index (κ2) is 8.56. The van der Waals surface area contributed by atoms with Gasteiger partial charge in [-0.1, -0.05) is 19.9 Å². The summed E-state index contributed by atoms with van der Waals surface area (Å²) in [7, 11) is 0. The van der Waals surface area contributed by atoms with Crippen molar-refractivity contribution in [3.63, 3.8) is 0 Å². The van der Waals surface area contributed by atoms with E-state index in [-0.39, 0.29) is 11.8 Å². The van der Waals surface area contributed by atoms with Gasteiger partial charge in [-0.05, 0) is 49.8 Å². The summed E-state index contributed by atoms with van der Waals surface area (Å²) in [6.45, 7) is 7.95. The lowest BCUT2D eigenvalue weighted by Crippen LogP contribution is -2.43. The van der Waals surface area contributed by atoms with Crippen LogP contribution in [-0.2, 0) is 4.79 Å². The van der Waals surface area contributed by atoms with E-state index < -0.39 is 0 Å². The molecule has 0 spiro atoms. The Morgan fingerprint density at radius 2 is 1.77 bits per heavy atom. The van der Waals surface area contributed by atoms with E-state index >= 15 is 0 Å². The van der Waals surface area contributed by atoms with Gasteiger partial charge in [-0.25, -0.2) is 0 Å². The largest absolute Gasteiger partial charge is 0.493 e. The van der Waals surface area contributed by atoms with Crippen LogP contribution in [0.25, 0.3) is 0 Å². The molecular weight excluding hydrogens is 328 g/mol. The summed E-state index contributed by atoms with van der Waals surface area (Å²) in [5, 5.41) is 0. The summed E-state index contributed by atoms with van der Waals surface area (Å²) in [4.78, 5) is 29.2. The van der Waals surface area contributed by atoms with Crippen LogP contribution in [0.4, 0.5) is 0 Å². The van der Waals surface area contributed by atoms with Crippen molar-refractivity contribution in [2.45, 2.75) is 39.5 Å². The highest BCUT2D eigenvalue weighted by Crippen LogP contribution is 2.24. The lowest BCUT2D eigenvalue weighted by molar-refractivity contribution is -0.135. The fraction of sp³-hybridized carbons (Fsp3) is 0.619. The van der Waals surface area contributed by atoms with Gasteiger partial charge in [0.1, 0.15) is 5.75 Å². The third kappa shape index (κ3) is 4.57. The number of hydrogen-bond acceptors (Lipinski definition) is 3. The molecule has 1 aromatic rings. The smallest absolute Gasteiger partial charge is 0.253 e. The van der Waals surface area contributed by atoms with Gasteiger partial charge in [-0.2, -0.15) is 0 Å². The van der Waals surface area contributed by atoms with E-state index in [2.05, 4.69) is 13.8 Å². The molecule has 3 rings (SSSR count). The zero-order chi connectivity index (χ0) is 18.5. The van der Waals surface area contributed by atoms with E-state index in [1.54, 1.807) is 0 Å². The Morgan fingerprint density at radius 1 is 1.08 bits per heavy atom. The first-order chi connectivity index (χ1) is 12.5. The van der Waals surface area contributed by atoms with Gasteiger partial charge in [0.05, 0.1) is 6.61 Å². The molecule has 0 unspecified atom stereocenters. The summed E-state index contributed by atoms with van der Waals surface area (Å²) in [5.41, 5.74) is 0.663. The maximum absolute atomic E-state index is 12.8. The average Bonchev–Trinajstić information content (AvgIpc) is 3.20. The molecule has 2 amide bonds. The Labute approximate surface area is 156 Å². The van der Waals surface area contributed by atoms with Crippen molar-refractivity contribution in [1.82, 2.24) is 9.80 Å². The number of amides is 2. The van der Waals surface area contributed by atoms with Gasteiger partial charge in [-0.15, -0.1) is 0 Å². The normalized spacial score (nSPS) is 18.4. The third-order valence-corrected chi connectivity index (χ3v) is 5.21. The van der Waals surface area contributed by atoms with Gasteiger partial charge >= 0.3 is 0 Å². The Balaban J connectivity index is 1.54. The quantitative estimate of drug-likeness (QED) is 0.812. The van der Waals surface area contributed by atoms with Crippen molar-refractivity contribution in [2.75, 3.05) is 32.8 Å². The third-order valence-electron chi connectivity index (χ3n) is 5.21. The van der Waals surface area contributed by atoms with E-state index in [1.807, 2.05) is 34.1 Å². The summed E-state index contributed by atoms with van der Waals surface area (Å²) < 4.78 is 5.73. The van der Waals surface area contributed by atoms with Crippen LogP contribution < -0.4 is 4.74 Å². The van der Waals surface area contributed by atoms with Crippen LogP contribution >= 0.6 is 0 Å². The summed E-state index contributed by atoms with van der Waals surface area (Å²) in [6.07, 6.45) is 3.78. The molecule has 2 saturated heterocycles. The zero-order valence-corrected chi connectivity index (χ0v) is 15.9. The van der Waals surface area contributed by atoms with E-state index in [0.717, 1.165) is 44.5 Å². The molecule has 0 atom stereocenters. The van der Waals surface area contributed by atoms with Gasteiger partial charge < -0.3 is 14.5 Å². The molecule has 0 aromatic heterocycles. The van der Waals surface area contributed by atoms with Crippen molar-refractivity contribution >= 4 is 11.8 Å². The van der Waals surface area contributed by atoms with Crippen LogP contribution in [0.1, 0.15) is 49.9 Å². The van der Waals surface area contributed by atoms with Crippen molar-refractivity contribution < 1.29 is 14.3 Å². The van der Waals surface area contributed by atoms with Crippen molar-refractivity contribution in [3.05, 3.63) is 29.8 Å². The number of rotatable bonds is 5. The molecule has 0 radical (unpaired) electrons. The van der Waals surface area contributed by atoms with E-state index in [1.165, 1.54) is 0 Å². The predicted octanol–water partition coefficient (Wildman–Crippen LogP) is 3.20. The molecule has 142 valence electrons. The van der Waals surface area contributed by atoms with E-state index in [4.69, 9.17) is 4.74 Å². The molecule has 2 aliphatic heterocycles. The van der Waals surface area contributed by atoms with E-state index in [9.17, 15) is 9.59 Å². The second-order valence-electron chi connectivity index (χ2n) is 7.83. The lowest BCUT2D eigenvalue weighted by Gasteiger charge is -2.33. The molecular formula is C21H30N2O3. The number of carbonyl (C=O) groups excluding carboxylic acids is 2. The number of likely N-dealkylation sites (tertiary alicyclic amines) is 2. The first kappa shape index (κ1) is 18.7. The highest BCUT2D eigenvalue weighted by Gasteiger charge is 2.31. The summed E-state index contributed by atoms with van der Waals surface area (Å²) >= 11 is 0. The average molecular weight is 358 g/mol. The summed E-state index contributed by atoms with van der Waals surface area (Å²) in [6, 6.07) is 7.42. The fourth-order valence-electron chi connectivity index (χ4n) is 3.69. The van der Waals surface area contributed by atoms with Crippen molar-refractivity contribution in [2.24, 2.45) is 11.8 Å². The van der Waals surface area contributed by atoms with Crippen LogP contribution in [-0.4, -0.2) is 54.4 Å². The first-order valence-electron chi connectivity index (χ1n) is 9.85. The Kier molecular flexibility index (Phi) is 6.17. The predicted molar refractivity (Wildman–Crippen MR) is 101 cm³/mol. The van der Waals surface area contributed by atoms with Gasteiger partial charge in [0.15, 0.2) is 0 Å². The molecule has 2 aliphatic rings. The first-order valence-corrected chi connectivity index (χ1v) is 9.85. The second-order valence-corrected chi connectivity index (χ2v) is 7.83. The van der Waals surface area contributed by atoms with Gasteiger partial charge in [0, 0.05) is 37.7 Å². The maximum atomic E-state index is 12.8. The monoisotopic (exact) mass is 358 g/mol. The Morgan fingerprint density at radius 3 is 2.42 bits per heavy atom. The number of ether oxygens (including phenoxy) is 1. The number of carbonyl (C=O) groups is 2. The topological polar surface area (TPSA) is 49.9 Å².